The molecular formula is C21H19N7O. The van der Waals surface area contributed by atoms with Crippen molar-refractivity contribution in [3.8, 4) is 0 Å². The van der Waals surface area contributed by atoms with Gasteiger partial charge in [0, 0.05) is 24.7 Å². The zero-order valence-corrected chi connectivity index (χ0v) is 15.5. The Morgan fingerprint density at radius 3 is 2.45 bits per heavy atom. The van der Waals surface area contributed by atoms with Gasteiger partial charge >= 0.3 is 0 Å². The minimum atomic E-state index is -0.210. The Balaban J connectivity index is 1.25. The first-order chi connectivity index (χ1) is 14.3. The molecule has 0 saturated carbocycles. The second-order valence-electron chi connectivity index (χ2n) is 6.22. The molecule has 4 rings (SSSR count). The standard InChI is InChI=1S/C21H19N7O/c29-21(17-9-8-15-5-1-2-6-16(15)25-17)24-14-13-23-19-10-11-20(28-27-19)26-18-7-3-4-12-22-18/h1-12H,13-14H2,(H,23,27)(H,24,29)(H,22,26,28). The van der Waals surface area contributed by atoms with Crippen LogP contribution < -0.4 is 16.0 Å². The predicted molar refractivity (Wildman–Crippen MR) is 112 cm³/mol. The monoisotopic (exact) mass is 385 g/mol. The van der Waals surface area contributed by atoms with Crippen molar-refractivity contribution in [2.45, 2.75) is 0 Å². The number of pyridine rings is 2. The van der Waals surface area contributed by atoms with E-state index in [1.54, 1.807) is 12.3 Å². The molecule has 0 aliphatic rings. The van der Waals surface area contributed by atoms with Crippen LogP contribution in [0.3, 0.4) is 0 Å². The van der Waals surface area contributed by atoms with Gasteiger partial charge in [-0.3, -0.25) is 4.79 Å². The zero-order chi connectivity index (χ0) is 19.9. The van der Waals surface area contributed by atoms with Gasteiger partial charge in [-0.1, -0.05) is 30.3 Å². The largest absolute Gasteiger partial charge is 0.367 e. The van der Waals surface area contributed by atoms with Gasteiger partial charge in [0.15, 0.2) is 5.82 Å². The lowest BCUT2D eigenvalue weighted by atomic mass is 10.2. The molecule has 4 aromatic rings. The first-order valence-corrected chi connectivity index (χ1v) is 9.17. The topological polar surface area (TPSA) is 105 Å². The second-order valence-corrected chi connectivity index (χ2v) is 6.22. The third-order valence-electron chi connectivity index (χ3n) is 4.13. The van der Waals surface area contributed by atoms with Gasteiger partial charge in [-0.05, 0) is 36.4 Å². The number of benzene rings is 1. The third-order valence-corrected chi connectivity index (χ3v) is 4.13. The fourth-order valence-corrected chi connectivity index (χ4v) is 2.71. The molecular weight excluding hydrogens is 366 g/mol. The van der Waals surface area contributed by atoms with E-state index in [2.05, 4.69) is 36.1 Å². The third kappa shape index (κ3) is 4.81. The van der Waals surface area contributed by atoms with Crippen molar-refractivity contribution < 1.29 is 4.79 Å². The lowest BCUT2D eigenvalue weighted by molar-refractivity contribution is 0.0950. The highest BCUT2D eigenvalue weighted by atomic mass is 16.1. The van der Waals surface area contributed by atoms with E-state index in [1.807, 2.05) is 60.7 Å². The van der Waals surface area contributed by atoms with Crippen LogP contribution in [-0.4, -0.2) is 39.2 Å². The summed E-state index contributed by atoms with van der Waals surface area (Å²) in [5.41, 5.74) is 1.20. The number of anilines is 3. The lowest BCUT2D eigenvalue weighted by Crippen LogP contribution is -2.29. The SMILES string of the molecule is O=C(NCCNc1ccc(Nc2ccccn2)nn1)c1ccc2ccccc2n1. The van der Waals surface area contributed by atoms with Crippen LogP contribution in [0.1, 0.15) is 10.5 Å². The van der Waals surface area contributed by atoms with Gasteiger partial charge in [0.05, 0.1) is 5.52 Å². The van der Waals surface area contributed by atoms with Gasteiger partial charge in [-0.15, -0.1) is 10.2 Å². The number of carbonyl (C=O) groups is 1. The average Bonchev–Trinajstić information content (AvgIpc) is 2.78. The Morgan fingerprint density at radius 2 is 1.62 bits per heavy atom. The van der Waals surface area contributed by atoms with Gasteiger partial charge in [0.1, 0.15) is 17.3 Å². The van der Waals surface area contributed by atoms with Crippen LogP contribution in [-0.2, 0) is 0 Å². The zero-order valence-electron chi connectivity index (χ0n) is 15.5. The first kappa shape index (κ1) is 18.3. The maximum Gasteiger partial charge on any atom is 0.269 e. The highest BCUT2D eigenvalue weighted by Gasteiger charge is 2.07. The first-order valence-electron chi connectivity index (χ1n) is 9.17. The van der Waals surface area contributed by atoms with Crippen molar-refractivity contribution in [1.29, 1.82) is 0 Å². The molecule has 0 saturated heterocycles. The fourth-order valence-electron chi connectivity index (χ4n) is 2.71. The number of hydrogen-bond acceptors (Lipinski definition) is 7. The summed E-state index contributed by atoms with van der Waals surface area (Å²) >= 11 is 0. The van der Waals surface area contributed by atoms with Crippen LogP contribution in [0.5, 0.6) is 0 Å². The van der Waals surface area contributed by atoms with Crippen molar-refractivity contribution in [1.82, 2.24) is 25.5 Å². The number of fused-ring (bicyclic) bond motifs is 1. The van der Waals surface area contributed by atoms with Crippen LogP contribution in [0.25, 0.3) is 10.9 Å². The maximum atomic E-state index is 12.3. The van der Waals surface area contributed by atoms with Gasteiger partial charge < -0.3 is 16.0 Å². The molecule has 0 aliphatic carbocycles. The minimum absolute atomic E-state index is 0.210. The summed E-state index contributed by atoms with van der Waals surface area (Å²) in [6.45, 7) is 0.948. The number of hydrogen-bond donors (Lipinski definition) is 3. The molecule has 1 aromatic carbocycles. The van der Waals surface area contributed by atoms with E-state index in [0.717, 1.165) is 10.9 Å². The summed E-state index contributed by atoms with van der Waals surface area (Å²) in [6, 6.07) is 20.5. The minimum Gasteiger partial charge on any atom is -0.367 e. The molecule has 3 heterocycles. The van der Waals surface area contributed by atoms with E-state index in [9.17, 15) is 4.79 Å². The molecule has 3 aromatic heterocycles. The maximum absolute atomic E-state index is 12.3. The number of nitrogens with zero attached hydrogens (tertiary/aromatic N) is 4. The van der Waals surface area contributed by atoms with Crippen molar-refractivity contribution in [2.24, 2.45) is 0 Å². The summed E-state index contributed by atoms with van der Waals surface area (Å²) < 4.78 is 0. The molecule has 0 fully saturated rings. The molecule has 3 N–H and O–H groups in total. The van der Waals surface area contributed by atoms with Gasteiger partial charge in [0.25, 0.3) is 5.91 Å². The van der Waals surface area contributed by atoms with Crippen molar-refractivity contribution in [3.63, 3.8) is 0 Å². The average molecular weight is 385 g/mol. The Morgan fingerprint density at radius 1 is 0.793 bits per heavy atom. The Labute approximate surface area is 167 Å². The van der Waals surface area contributed by atoms with E-state index in [0.29, 0.717) is 36.2 Å². The van der Waals surface area contributed by atoms with E-state index < -0.39 is 0 Å². The summed E-state index contributed by atoms with van der Waals surface area (Å²) in [7, 11) is 0. The molecule has 8 heteroatoms. The van der Waals surface area contributed by atoms with E-state index in [-0.39, 0.29) is 5.91 Å². The van der Waals surface area contributed by atoms with Gasteiger partial charge in [-0.25, -0.2) is 9.97 Å². The number of aromatic nitrogens is 4. The highest BCUT2D eigenvalue weighted by molar-refractivity contribution is 5.94. The van der Waals surface area contributed by atoms with Crippen molar-refractivity contribution in [2.75, 3.05) is 23.7 Å². The van der Waals surface area contributed by atoms with Gasteiger partial charge in [-0.2, -0.15) is 0 Å². The molecule has 0 unspecified atom stereocenters. The Kier molecular flexibility index (Phi) is 5.52. The van der Waals surface area contributed by atoms with Crippen LogP contribution in [0.2, 0.25) is 0 Å². The van der Waals surface area contributed by atoms with Gasteiger partial charge in [0.2, 0.25) is 0 Å². The quantitative estimate of drug-likeness (QED) is 0.420. The normalized spacial score (nSPS) is 10.5. The molecule has 1 amide bonds. The fraction of sp³-hybridized carbons (Fsp3) is 0.0952. The smallest absolute Gasteiger partial charge is 0.269 e. The van der Waals surface area contributed by atoms with E-state index in [4.69, 9.17) is 0 Å². The summed E-state index contributed by atoms with van der Waals surface area (Å²) in [4.78, 5) is 20.8. The second kappa shape index (κ2) is 8.75. The Bertz CT molecular complexity index is 1100. The summed E-state index contributed by atoms with van der Waals surface area (Å²) in [6.07, 6.45) is 1.70. The molecule has 0 spiro atoms. The molecule has 0 radical (unpaired) electrons. The molecule has 0 bridgehead atoms. The van der Waals surface area contributed by atoms with Crippen LogP contribution >= 0.6 is 0 Å². The highest BCUT2D eigenvalue weighted by Crippen LogP contribution is 2.12. The summed E-state index contributed by atoms with van der Waals surface area (Å²) in [5.74, 6) is 1.71. The summed E-state index contributed by atoms with van der Waals surface area (Å²) in [5, 5.41) is 18.2. The molecule has 0 aliphatic heterocycles. The predicted octanol–water partition coefficient (Wildman–Crippen LogP) is 3.01. The van der Waals surface area contributed by atoms with E-state index >= 15 is 0 Å². The number of rotatable bonds is 7. The number of para-hydroxylation sites is 1. The molecule has 0 atom stereocenters. The van der Waals surface area contributed by atoms with Crippen molar-refractivity contribution in [3.05, 3.63) is 78.6 Å². The molecule has 29 heavy (non-hydrogen) atoms. The van der Waals surface area contributed by atoms with Crippen LogP contribution in [0.15, 0.2) is 72.9 Å². The van der Waals surface area contributed by atoms with Crippen LogP contribution in [0.4, 0.5) is 17.5 Å². The van der Waals surface area contributed by atoms with Crippen molar-refractivity contribution >= 4 is 34.3 Å². The molecule has 144 valence electrons. The Hall–Kier alpha value is -4.07. The van der Waals surface area contributed by atoms with E-state index in [1.165, 1.54) is 0 Å². The molecule has 8 nitrogen and oxygen atoms in total. The van der Waals surface area contributed by atoms with Crippen LogP contribution in [0, 0.1) is 0 Å². The lowest BCUT2D eigenvalue weighted by Gasteiger charge is -2.08. The number of nitrogens with one attached hydrogen (secondary N) is 3. The number of amides is 1. The number of carbonyl (C=O) groups excluding carboxylic acids is 1.